The molecule has 0 radical (unpaired) electrons. The molecule has 0 aliphatic carbocycles. The van der Waals surface area contributed by atoms with Crippen LogP contribution in [0.15, 0.2) is 36.4 Å². The summed E-state index contributed by atoms with van der Waals surface area (Å²) in [6, 6.07) is 5.38. The van der Waals surface area contributed by atoms with E-state index in [1.165, 1.54) is 13.0 Å². The van der Waals surface area contributed by atoms with E-state index >= 15 is 0 Å². The number of hydrogen-bond acceptors (Lipinski definition) is 3. The van der Waals surface area contributed by atoms with Crippen LogP contribution in [0.1, 0.15) is 18.5 Å². The van der Waals surface area contributed by atoms with E-state index < -0.39 is 34.1 Å². The molecule has 0 saturated heterocycles. The molecular formula is C14H11F3N2O2. The first-order chi connectivity index (χ1) is 9.90. The second-order valence-electron chi connectivity index (χ2n) is 4.42. The van der Waals surface area contributed by atoms with Crippen molar-refractivity contribution in [2.24, 2.45) is 0 Å². The fourth-order valence-electron chi connectivity index (χ4n) is 1.95. The molecule has 0 spiro atoms. The highest BCUT2D eigenvalue weighted by molar-refractivity contribution is 5.63. The third-order valence-electron chi connectivity index (χ3n) is 2.97. The second-order valence-corrected chi connectivity index (χ2v) is 4.42. The van der Waals surface area contributed by atoms with Crippen molar-refractivity contribution in [2.45, 2.75) is 13.0 Å². The summed E-state index contributed by atoms with van der Waals surface area (Å²) in [5, 5.41) is 13.4. The van der Waals surface area contributed by atoms with Gasteiger partial charge >= 0.3 is 0 Å². The lowest BCUT2D eigenvalue weighted by Crippen LogP contribution is -2.11. The maximum absolute atomic E-state index is 13.7. The van der Waals surface area contributed by atoms with Crippen molar-refractivity contribution >= 4 is 11.4 Å². The molecule has 2 aromatic rings. The van der Waals surface area contributed by atoms with Crippen LogP contribution in [0.4, 0.5) is 24.5 Å². The topological polar surface area (TPSA) is 55.2 Å². The smallest absolute Gasteiger partial charge is 0.295 e. The monoisotopic (exact) mass is 296 g/mol. The van der Waals surface area contributed by atoms with Crippen molar-refractivity contribution in [3.05, 3.63) is 69.5 Å². The predicted octanol–water partition coefficient (Wildman–Crippen LogP) is 4.19. The lowest BCUT2D eigenvalue weighted by atomic mass is 10.1. The van der Waals surface area contributed by atoms with Gasteiger partial charge in [0.25, 0.3) is 5.69 Å². The van der Waals surface area contributed by atoms with Gasteiger partial charge in [0.15, 0.2) is 5.82 Å². The van der Waals surface area contributed by atoms with E-state index in [1.54, 1.807) is 0 Å². The van der Waals surface area contributed by atoms with Crippen LogP contribution in [0.2, 0.25) is 0 Å². The molecule has 0 aromatic heterocycles. The molecule has 2 aromatic carbocycles. The normalized spacial score (nSPS) is 12.0. The number of nitro groups is 1. The Morgan fingerprint density at radius 1 is 1.14 bits per heavy atom. The molecule has 21 heavy (non-hydrogen) atoms. The molecule has 0 bridgehead atoms. The van der Waals surface area contributed by atoms with Crippen molar-refractivity contribution in [1.82, 2.24) is 0 Å². The van der Waals surface area contributed by atoms with Crippen molar-refractivity contribution in [3.63, 3.8) is 0 Å². The van der Waals surface area contributed by atoms with E-state index in [9.17, 15) is 23.3 Å². The molecular weight excluding hydrogens is 285 g/mol. The highest BCUT2D eigenvalue weighted by Crippen LogP contribution is 2.31. The summed E-state index contributed by atoms with van der Waals surface area (Å²) in [5.74, 6) is -2.17. The molecule has 0 fully saturated rings. The van der Waals surface area contributed by atoms with Gasteiger partial charge in [-0.15, -0.1) is 0 Å². The van der Waals surface area contributed by atoms with E-state index in [-0.39, 0.29) is 11.3 Å². The zero-order valence-corrected chi connectivity index (χ0v) is 10.9. The number of hydrogen-bond donors (Lipinski definition) is 1. The molecule has 2 rings (SSSR count). The van der Waals surface area contributed by atoms with Gasteiger partial charge in [-0.25, -0.2) is 13.2 Å². The van der Waals surface area contributed by atoms with Gasteiger partial charge in [-0.1, -0.05) is 6.07 Å². The lowest BCUT2D eigenvalue weighted by Gasteiger charge is -2.17. The number of para-hydroxylation sites is 1. The van der Waals surface area contributed by atoms with E-state index in [0.29, 0.717) is 0 Å². The van der Waals surface area contributed by atoms with E-state index in [4.69, 9.17) is 0 Å². The van der Waals surface area contributed by atoms with Gasteiger partial charge in [0.05, 0.1) is 11.0 Å². The van der Waals surface area contributed by atoms with Crippen LogP contribution < -0.4 is 5.32 Å². The van der Waals surface area contributed by atoms with Crippen LogP contribution in [0.25, 0.3) is 0 Å². The standard InChI is InChI=1S/C14H11F3N2O2/c1-8(10-7-9(15)5-6-11(10)16)18-14-12(17)3-2-4-13(14)19(20)21/h2-8,18H,1H3. The zero-order chi connectivity index (χ0) is 15.6. The Kier molecular flexibility index (Phi) is 4.11. The van der Waals surface area contributed by atoms with Crippen LogP contribution in [-0.4, -0.2) is 4.92 Å². The average Bonchev–Trinajstić information content (AvgIpc) is 2.43. The molecule has 4 nitrogen and oxygen atoms in total. The van der Waals surface area contributed by atoms with Gasteiger partial charge in [0, 0.05) is 11.6 Å². The fourth-order valence-corrected chi connectivity index (χ4v) is 1.95. The minimum Gasteiger partial charge on any atom is -0.370 e. The number of halogens is 3. The summed E-state index contributed by atoms with van der Waals surface area (Å²) < 4.78 is 40.5. The second kappa shape index (κ2) is 5.82. The third kappa shape index (κ3) is 3.13. The minimum atomic E-state index is -0.851. The average molecular weight is 296 g/mol. The zero-order valence-electron chi connectivity index (χ0n) is 10.9. The quantitative estimate of drug-likeness (QED) is 0.680. The van der Waals surface area contributed by atoms with Gasteiger partial charge in [-0.3, -0.25) is 10.1 Å². The number of nitrogens with zero attached hydrogens (tertiary/aromatic N) is 1. The summed E-state index contributed by atoms with van der Waals surface area (Å²) in [7, 11) is 0. The molecule has 0 aliphatic heterocycles. The van der Waals surface area contributed by atoms with Crippen molar-refractivity contribution in [2.75, 3.05) is 5.32 Å². The van der Waals surface area contributed by atoms with Crippen molar-refractivity contribution in [1.29, 1.82) is 0 Å². The van der Waals surface area contributed by atoms with E-state index in [0.717, 1.165) is 30.3 Å². The number of anilines is 1. The summed E-state index contributed by atoms with van der Waals surface area (Å²) >= 11 is 0. The Balaban J connectivity index is 2.38. The van der Waals surface area contributed by atoms with Crippen LogP contribution in [0.3, 0.4) is 0 Å². The molecule has 0 amide bonds. The van der Waals surface area contributed by atoms with E-state index in [1.807, 2.05) is 0 Å². The lowest BCUT2D eigenvalue weighted by molar-refractivity contribution is -0.384. The fraction of sp³-hybridized carbons (Fsp3) is 0.143. The summed E-state index contributed by atoms with van der Waals surface area (Å²) in [6.07, 6.45) is 0. The van der Waals surface area contributed by atoms with Crippen LogP contribution >= 0.6 is 0 Å². The Bertz CT molecular complexity index is 692. The van der Waals surface area contributed by atoms with Crippen molar-refractivity contribution in [3.8, 4) is 0 Å². The summed E-state index contributed by atoms with van der Waals surface area (Å²) in [4.78, 5) is 10.1. The number of rotatable bonds is 4. The largest absolute Gasteiger partial charge is 0.370 e. The number of benzene rings is 2. The highest BCUT2D eigenvalue weighted by atomic mass is 19.1. The first kappa shape index (κ1) is 14.8. The molecule has 7 heteroatoms. The third-order valence-corrected chi connectivity index (χ3v) is 2.97. The molecule has 0 aliphatic rings. The Morgan fingerprint density at radius 3 is 2.52 bits per heavy atom. The molecule has 1 N–H and O–H groups in total. The Labute approximate surface area is 118 Å². The Hall–Kier alpha value is -2.57. The maximum Gasteiger partial charge on any atom is 0.295 e. The molecule has 0 saturated carbocycles. The van der Waals surface area contributed by atoms with Gasteiger partial charge in [0.1, 0.15) is 17.3 Å². The van der Waals surface area contributed by atoms with E-state index in [2.05, 4.69) is 5.32 Å². The SMILES string of the molecule is CC(Nc1c(F)cccc1[N+](=O)[O-])c1cc(F)ccc1F. The van der Waals surface area contributed by atoms with Crippen LogP contribution in [0.5, 0.6) is 0 Å². The number of nitro benzene ring substituents is 1. The van der Waals surface area contributed by atoms with Gasteiger partial charge in [-0.2, -0.15) is 0 Å². The highest BCUT2D eigenvalue weighted by Gasteiger charge is 2.21. The van der Waals surface area contributed by atoms with Crippen molar-refractivity contribution < 1.29 is 18.1 Å². The summed E-state index contributed by atoms with van der Waals surface area (Å²) in [5.41, 5.74) is -0.884. The first-order valence-corrected chi connectivity index (χ1v) is 6.04. The molecule has 1 unspecified atom stereocenters. The first-order valence-electron chi connectivity index (χ1n) is 6.04. The number of nitrogens with one attached hydrogen (secondary N) is 1. The molecule has 1 atom stereocenters. The predicted molar refractivity (Wildman–Crippen MR) is 71.5 cm³/mol. The maximum atomic E-state index is 13.7. The molecule has 110 valence electrons. The van der Waals surface area contributed by atoms with Crippen LogP contribution in [0, 0.1) is 27.6 Å². The van der Waals surface area contributed by atoms with Gasteiger partial charge in [-0.05, 0) is 31.2 Å². The van der Waals surface area contributed by atoms with Crippen LogP contribution in [-0.2, 0) is 0 Å². The summed E-state index contributed by atoms with van der Waals surface area (Å²) in [6.45, 7) is 1.45. The Morgan fingerprint density at radius 2 is 1.86 bits per heavy atom. The van der Waals surface area contributed by atoms with Gasteiger partial charge in [0.2, 0.25) is 0 Å². The minimum absolute atomic E-state index is 0.0486. The molecule has 0 heterocycles. The van der Waals surface area contributed by atoms with Gasteiger partial charge < -0.3 is 5.32 Å².